The average Bonchev–Trinajstić information content (AvgIpc) is 2.77. The number of benzene rings is 2. The van der Waals surface area contributed by atoms with Crippen LogP contribution in [0.2, 0.25) is 0 Å². The van der Waals surface area contributed by atoms with Crippen molar-refractivity contribution in [3.8, 4) is 11.3 Å². The van der Waals surface area contributed by atoms with Crippen molar-refractivity contribution in [2.45, 2.75) is 51.9 Å². The van der Waals surface area contributed by atoms with Gasteiger partial charge >= 0.3 is 0 Å². The van der Waals surface area contributed by atoms with Gasteiger partial charge in [0.2, 0.25) is 0 Å². The molecule has 0 aliphatic heterocycles. The lowest BCUT2D eigenvalue weighted by molar-refractivity contribution is 0.403. The second kappa shape index (κ2) is 4.92. The quantitative estimate of drug-likeness (QED) is 0.523. The molecule has 0 saturated carbocycles. The molecule has 122 valence electrons. The lowest BCUT2D eigenvalue weighted by atomic mass is 9.82. The molecule has 0 spiro atoms. The van der Waals surface area contributed by atoms with E-state index in [2.05, 4.69) is 40.7 Å². The molecule has 1 aliphatic carbocycles. The van der Waals surface area contributed by atoms with E-state index in [0.717, 1.165) is 34.0 Å². The first-order valence-corrected chi connectivity index (χ1v) is 8.56. The van der Waals surface area contributed by atoms with Crippen molar-refractivity contribution in [3.63, 3.8) is 0 Å². The molecule has 3 aromatic rings. The first-order valence-electron chi connectivity index (χ1n) is 10.1. The van der Waals surface area contributed by atoms with Crippen molar-refractivity contribution in [3.05, 3.63) is 65.1 Å². The fraction of sp³-hybridized carbons (Fsp3) is 0.348. The number of fused-ring (bicyclic) bond motifs is 2. The van der Waals surface area contributed by atoms with Gasteiger partial charge in [-0.1, -0.05) is 58.0 Å². The number of hydrogen-bond acceptors (Lipinski definition) is 1. The Morgan fingerprint density at radius 1 is 0.958 bits per heavy atom. The summed E-state index contributed by atoms with van der Waals surface area (Å²) >= 11 is 0. The second-order valence-electron chi connectivity index (χ2n) is 8.28. The Labute approximate surface area is 149 Å². The van der Waals surface area contributed by atoms with Gasteiger partial charge in [0.05, 0.1) is 15.3 Å². The summed E-state index contributed by atoms with van der Waals surface area (Å²) in [5, 5.41) is 1.08. The third-order valence-corrected chi connectivity index (χ3v) is 5.26. The van der Waals surface area contributed by atoms with Gasteiger partial charge in [0.1, 0.15) is 0 Å². The molecule has 1 heteroatoms. The molecule has 4 rings (SSSR count). The van der Waals surface area contributed by atoms with Gasteiger partial charge in [0.15, 0.2) is 0 Å². The molecule has 1 heterocycles. The summed E-state index contributed by atoms with van der Waals surface area (Å²) in [6.07, 6.45) is 0.875. The Bertz CT molecular complexity index is 1100. The summed E-state index contributed by atoms with van der Waals surface area (Å²) in [5.41, 5.74) is 4.49. The van der Waals surface area contributed by atoms with Crippen LogP contribution < -0.4 is 0 Å². The smallest absolute Gasteiger partial charge is 0.0712 e. The van der Waals surface area contributed by atoms with Crippen molar-refractivity contribution in [2.75, 3.05) is 0 Å². The SMILES string of the molecule is [2H]c1c([2H])c2c(c([2H])c1-c1ccc3c(C)cccc3n1)C(C)(C)CC2(C)C. The van der Waals surface area contributed by atoms with Crippen LogP contribution in [0.3, 0.4) is 0 Å². The topological polar surface area (TPSA) is 12.9 Å². The molecular weight excluding hydrogens is 290 g/mol. The molecule has 0 fully saturated rings. The van der Waals surface area contributed by atoms with Crippen molar-refractivity contribution >= 4 is 10.9 Å². The molecule has 0 atom stereocenters. The van der Waals surface area contributed by atoms with Crippen LogP contribution in [-0.2, 0) is 10.8 Å². The fourth-order valence-electron chi connectivity index (χ4n) is 4.28. The molecule has 2 aromatic carbocycles. The van der Waals surface area contributed by atoms with Crippen LogP contribution >= 0.6 is 0 Å². The molecule has 0 unspecified atom stereocenters. The number of pyridine rings is 1. The van der Waals surface area contributed by atoms with Gasteiger partial charge in [-0.25, -0.2) is 4.98 Å². The molecule has 0 N–H and O–H groups in total. The van der Waals surface area contributed by atoms with Crippen LogP contribution in [0, 0.1) is 6.92 Å². The minimum Gasteiger partial charge on any atom is -0.248 e. The minimum atomic E-state index is -0.200. The number of hydrogen-bond donors (Lipinski definition) is 0. The molecule has 0 saturated heterocycles. The molecule has 0 radical (unpaired) electrons. The van der Waals surface area contributed by atoms with Crippen molar-refractivity contribution in [2.24, 2.45) is 0 Å². The van der Waals surface area contributed by atoms with E-state index in [1.54, 1.807) is 0 Å². The highest BCUT2D eigenvalue weighted by Crippen LogP contribution is 2.50. The molecule has 0 bridgehead atoms. The minimum absolute atomic E-state index is 0.115. The van der Waals surface area contributed by atoms with Gasteiger partial charge in [-0.3, -0.25) is 0 Å². The number of aryl methyl sites for hydroxylation is 1. The van der Waals surface area contributed by atoms with Gasteiger partial charge in [0.25, 0.3) is 0 Å². The van der Waals surface area contributed by atoms with E-state index in [1.165, 1.54) is 0 Å². The molecule has 0 amide bonds. The Hall–Kier alpha value is -2.15. The predicted molar refractivity (Wildman–Crippen MR) is 103 cm³/mol. The predicted octanol–water partition coefficient (Wildman–Crippen LogP) is 6.17. The highest BCUT2D eigenvalue weighted by Gasteiger charge is 2.41. The van der Waals surface area contributed by atoms with Crippen LogP contribution in [0.4, 0.5) is 0 Å². The molecule has 24 heavy (non-hydrogen) atoms. The Balaban J connectivity index is 2.05. The van der Waals surface area contributed by atoms with Crippen molar-refractivity contribution in [1.82, 2.24) is 4.98 Å². The van der Waals surface area contributed by atoms with Crippen molar-refractivity contribution < 1.29 is 4.11 Å². The molecule has 1 nitrogen and oxygen atoms in total. The number of rotatable bonds is 1. The Morgan fingerprint density at radius 2 is 1.71 bits per heavy atom. The van der Waals surface area contributed by atoms with Gasteiger partial charge in [-0.2, -0.15) is 0 Å². The molecule has 1 aromatic heterocycles. The van der Waals surface area contributed by atoms with E-state index in [-0.39, 0.29) is 22.9 Å². The van der Waals surface area contributed by atoms with E-state index in [4.69, 9.17) is 9.10 Å². The summed E-state index contributed by atoms with van der Waals surface area (Å²) < 4.78 is 26.3. The largest absolute Gasteiger partial charge is 0.248 e. The monoisotopic (exact) mass is 318 g/mol. The lowest BCUT2D eigenvalue weighted by Gasteiger charge is -2.22. The molecular formula is C23H25N. The highest BCUT2D eigenvalue weighted by atomic mass is 14.7. The zero-order chi connectivity index (χ0) is 19.7. The normalized spacial score (nSPS) is 19.6. The first-order chi connectivity index (χ1) is 12.5. The van der Waals surface area contributed by atoms with Gasteiger partial charge in [-0.15, -0.1) is 0 Å². The highest BCUT2D eigenvalue weighted by molar-refractivity contribution is 5.84. The van der Waals surface area contributed by atoms with Crippen LogP contribution in [0.1, 0.15) is 54.9 Å². The summed E-state index contributed by atoms with van der Waals surface area (Å²) in [6, 6.07) is 10.6. The maximum atomic E-state index is 8.94. The van der Waals surface area contributed by atoms with Gasteiger partial charge in [0, 0.05) is 10.9 Å². The first kappa shape index (κ1) is 12.2. The second-order valence-corrected chi connectivity index (χ2v) is 8.28. The molecule has 1 aliphatic rings. The van der Waals surface area contributed by atoms with Crippen LogP contribution in [0.5, 0.6) is 0 Å². The summed E-state index contributed by atoms with van der Waals surface area (Å²) in [6.45, 7) is 10.6. The number of aromatic nitrogens is 1. The standard InChI is InChI=1S/C23H25N/c1-15-7-6-8-21-17(15)10-12-20(24-21)16-9-11-18-19(13-16)23(4,5)14-22(18,2)3/h6-13H,14H2,1-5H3/i9D,11D,13D. The van der Waals surface area contributed by atoms with E-state index in [9.17, 15) is 0 Å². The maximum absolute atomic E-state index is 8.94. The van der Waals surface area contributed by atoms with Gasteiger partial charge in [-0.05, 0) is 59.0 Å². The van der Waals surface area contributed by atoms with E-state index < -0.39 is 0 Å². The van der Waals surface area contributed by atoms with Gasteiger partial charge < -0.3 is 0 Å². The lowest BCUT2D eigenvalue weighted by Crippen LogP contribution is -2.17. The third-order valence-electron chi connectivity index (χ3n) is 5.26. The van der Waals surface area contributed by atoms with E-state index in [1.807, 2.05) is 24.3 Å². The van der Waals surface area contributed by atoms with Crippen LogP contribution in [-0.4, -0.2) is 4.98 Å². The van der Waals surface area contributed by atoms with E-state index >= 15 is 0 Å². The van der Waals surface area contributed by atoms with Crippen LogP contribution in [0.15, 0.2) is 48.5 Å². The van der Waals surface area contributed by atoms with Crippen molar-refractivity contribution in [1.29, 1.82) is 0 Å². The Kier molecular flexibility index (Phi) is 2.51. The summed E-state index contributed by atoms with van der Waals surface area (Å²) in [7, 11) is 0. The van der Waals surface area contributed by atoms with E-state index in [0.29, 0.717) is 17.3 Å². The average molecular weight is 318 g/mol. The zero-order valence-corrected chi connectivity index (χ0v) is 15.0. The van der Waals surface area contributed by atoms with Crippen LogP contribution in [0.25, 0.3) is 22.2 Å². The Morgan fingerprint density at radius 3 is 2.50 bits per heavy atom. The number of nitrogens with zero attached hydrogens (tertiary/aromatic N) is 1. The summed E-state index contributed by atoms with van der Waals surface area (Å²) in [4.78, 5) is 4.76. The maximum Gasteiger partial charge on any atom is 0.0712 e. The summed E-state index contributed by atoms with van der Waals surface area (Å²) in [5.74, 6) is 0. The fourth-order valence-corrected chi connectivity index (χ4v) is 4.28. The third kappa shape index (κ3) is 2.26. The zero-order valence-electron chi connectivity index (χ0n) is 18.0.